The maximum Gasteiger partial charge on any atom is 0.236 e. The Morgan fingerprint density at radius 3 is 2.55 bits per heavy atom. The van der Waals surface area contributed by atoms with Crippen LogP contribution in [-0.2, 0) is 9.59 Å². The number of nitrogens with zero attached hydrogens (tertiary/aromatic N) is 2. The van der Waals surface area contributed by atoms with Gasteiger partial charge in [0, 0.05) is 26.1 Å². The van der Waals surface area contributed by atoms with Crippen molar-refractivity contribution in [1.29, 1.82) is 0 Å². The molecule has 1 aliphatic carbocycles. The van der Waals surface area contributed by atoms with E-state index in [1.54, 1.807) is 26.0 Å². The second-order valence-electron chi connectivity index (χ2n) is 7.77. The Morgan fingerprint density at radius 2 is 1.97 bits per heavy atom. The maximum atomic E-state index is 12.9. The van der Waals surface area contributed by atoms with Crippen molar-refractivity contribution < 1.29 is 19.1 Å². The van der Waals surface area contributed by atoms with Gasteiger partial charge in [-0.3, -0.25) is 9.59 Å². The lowest BCUT2D eigenvalue weighted by molar-refractivity contribution is -0.136. The van der Waals surface area contributed by atoms with E-state index in [1.165, 1.54) is 0 Å². The van der Waals surface area contributed by atoms with Crippen LogP contribution in [0.2, 0.25) is 0 Å². The Bertz CT molecular complexity index is 738. The van der Waals surface area contributed by atoms with E-state index in [-0.39, 0.29) is 28.4 Å². The molecule has 1 aliphatic heterocycles. The number of hydrogen-bond acceptors (Lipinski definition) is 5. The number of methoxy groups -OCH3 is 2. The first kappa shape index (κ1) is 21.8. The minimum atomic E-state index is -0.0418. The summed E-state index contributed by atoms with van der Waals surface area (Å²) in [6, 6.07) is 5.85. The van der Waals surface area contributed by atoms with Crippen LogP contribution in [0.1, 0.15) is 50.0 Å². The Kier molecular flexibility index (Phi) is 7.33. The van der Waals surface area contributed by atoms with E-state index in [9.17, 15) is 9.59 Å². The van der Waals surface area contributed by atoms with Crippen LogP contribution < -0.4 is 9.47 Å². The highest BCUT2D eigenvalue weighted by Gasteiger charge is 2.40. The van der Waals surface area contributed by atoms with Gasteiger partial charge in [0.1, 0.15) is 5.37 Å². The second kappa shape index (κ2) is 9.74. The second-order valence-corrected chi connectivity index (χ2v) is 9.06. The molecule has 2 aliphatic rings. The van der Waals surface area contributed by atoms with Crippen LogP contribution in [0.3, 0.4) is 0 Å². The molecule has 0 N–H and O–H groups in total. The molecule has 0 bridgehead atoms. The molecule has 1 heterocycles. The molecule has 2 amide bonds. The van der Waals surface area contributed by atoms with Gasteiger partial charge in [-0.1, -0.05) is 19.4 Å². The number of ether oxygens (including phenoxy) is 2. The summed E-state index contributed by atoms with van der Waals surface area (Å²) in [5.74, 6) is 2.00. The Hall–Kier alpha value is -1.89. The van der Waals surface area contributed by atoms with E-state index in [0.29, 0.717) is 24.6 Å². The number of amides is 2. The first-order valence-electron chi connectivity index (χ1n) is 10.4. The van der Waals surface area contributed by atoms with Crippen molar-refractivity contribution in [3.8, 4) is 11.5 Å². The van der Waals surface area contributed by atoms with Crippen LogP contribution in [0, 0.1) is 5.92 Å². The quantitative estimate of drug-likeness (QED) is 0.610. The summed E-state index contributed by atoms with van der Waals surface area (Å²) in [7, 11) is 5.12. The van der Waals surface area contributed by atoms with E-state index >= 15 is 0 Å². The highest BCUT2D eigenvalue weighted by Crippen LogP contribution is 2.45. The molecule has 1 aromatic rings. The number of benzene rings is 1. The van der Waals surface area contributed by atoms with E-state index in [1.807, 2.05) is 35.0 Å². The third kappa shape index (κ3) is 4.65. The lowest BCUT2D eigenvalue weighted by Crippen LogP contribution is -2.38. The molecule has 2 atom stereocenters. The third-order valence-electron chi connectivity index (χ3n) is 5.92. The van der Waals surface area contributed by atoms with E-state index in [0.717, 1.165) is 37.7 Å². The van der Waals surface area contributed by atoms with Crippen molar-refractivity contribution in [3.05, 3.63) is 23.8 Å². The molecule has 160 valence electrons. The van der Waals surface area contributed by atoms with Gasteiger partial charge in [0.2, 0.25) is 11.8 Å². The fourth-order valence-electron chi connectivity index (χ4n) is 3.91. The zero-order valence-corrected chi connectivity index (χ0v) is 18.7. The molecule has 1 aromatic carbocycles. The Balaban J connectivity index is 1.67. The molecule has 2 fully saturated rings. The molecular formula is C22H32N2O4S. The van der Waals surface area contributed by atoms with Crippen LogP contribution in [0.15, 0.2) is 18.2 Å². The number of rotatable bonds is 9. The Morgan fingerprint density at radius 1 is 1.24 bits per heavy atom. The molecule has 1 saturated heterocycles. The average molecular weight is 421 g/mol. The minimum absolute atomic E-state index is 0.0255. The summed E-state index contributed by atoms with van der Waals surface area (Å²) in [5, 5.41) is -0.0673. The fraction of sp³-hybridized carbons (Fsp3) is 0.636. The number of thioether (sulfide) groups is 1. The molecule has 0 aromatic heterocycles. The zero-order chi connectivity index (χ0) is 21.0. The van der Waals surface area contributed by atoms with Crippen LogP contribution in [-0.4, -0.2) is 61.2 Å². The smallest absolute Gasteiger partial charge is 0.236 e. The lowest BCUT2D eigenvalue weighted by Gasteiger charge is -2.30. The van der Waals surface area contributed by atoms with Gasteiger partial charge in [-0.2, -0.15) is 0 Å². The molecule has 0 radical (unpaired) electrons. The third-order valence-corrected chi connectivity index (χ3v) is 7.57. The first-order chi connectivity index (χ1) is 14.0. The van der Waals surface area contributed by atoms with Crippen molar-refractivity contribution >= 4 is 23.6 Å². The normalized spacial score (nSPS) is 21.8. The van der Waals surface area contributed by atoms with Crippen molar-refractivity contribution in [1.82, 2.24) is 9.80 Å². The highest BCUT2D eigenvalue weighted by atomic mass is 32.2. The zero-order valence-electron chi connectivity index (χ0n) is 17.8. The largest absolute Gasteiger partial charge is 0.493 e. The molecule has 29 heavy (non-hydrogen) atoms. The summed E-state index contributed by atoms with van der Waals surface area (Å²) in [5.41, 5.74) is 1.04. The van der Waals surface area contributed by atoms with Crippen LogP contribution in [0.25, 0.3) is 0 Å². The van der Waals surface area contributed by atoms with Crippen molar-refractivity contribution in [2.24, 2.45) is 5.92 Å². The summed E-state index contributed by atoms with van der Waals surface area (Å²) in [6.07, 6.45) is 4.79. The molecule has 6 nitrogen and oxygen atoms in total. The number of carbonyl (C=O) groups is 2. The van der Waals surface area contributed by atoms with Crippen molar-refractivity contribution in [2.75, 3.05) is 34.4 Å². The van der Waals surface area contributed by atoms with Gasteiger partial charge in [0.15, 0.2) is 11.5 Å². The molecule has 3 rings (SSSR count). The van der Waals surface area contributed by atoms with Crippen molar-refractivity contribution in [3.63, 3.8) is 0 Å². The van der Waals surface area contributed by atoms with Crippen LogP contribution >= 0.6 is 11.8 Å². The summed E-state index contributed by atoms with van der Waals surface area (Å²) in [4.78, 5) is 29.1. The van der Waals surface area contributed by atoms with E-state index in [4.69, 9.17) is 9.47 Å². The number of hydrogen-bond donors (Lipinski definition) is 0. The maximum absolute atomic E-state index is 12.9. The van der Waals surface area contributed by atoms with Gasteiger partial charge >= 0.3 is 0 Å². The van der Waals surface area contributed by atoms with Gasteiger partial charge in [0.05, 0.1) is 19.5 Å². The highest BCUT2D eigenvalue weighted by molar-refractivity contribution is 8.01. The molecular weight excluding hydrogens is 388 g/mol. The SMILES string of the molecule is CC[C@@H]1S[C@H](c2ccc(OC)c(OC)c2)N(CCCN(C)C(=O)C2CCC2)C1=O. The van der Waals surface area contributed by atoms with Crippen LogP contribution in [0.5, 0.6) is 11.5 Å². The summed E-state index contributed by atoms with van der Waals surface area (Å²) in [6.45, 7) is 3.37. The lowest BCUT2D eigenvalue weighted by atomic mass is 9.84. The van der Waals surface area contributed by atoms with E-state index in [2.05, 4.69) is 6.92 Å². The average Bonchev–Trinajstić information content (AvgIpc) is 3.01. The van der Waals surface area contributed by atoms with Gasteiger partial charge in [-0.15, -0.1) is 11.8 Å². The topological polar surface area (TPSA) is 59.1 Å². The predicted molar refractivity (Wildman–Crippen MR) is 115 cm³/mol. The standard InChI is InChI=1S/C22H32N2O4S/c1-5-19-21(26)24(13-7-12-23(2)20(25)15-8-6-9-15)22(29-19)16-10-11-17(27-3)18(14-16)28-4/h10-11,14-15,19,22H,5-9,12-13H2,1-4H3/t19-,22+/m0/s1. The van der Waals surface area contributed by atoms with E-state index < -0.39 is 0 Å². The molecule has 1 saturated carbocycles. The van der Waals surface area contributed by atoms with Gasteiger partial charge < -0.3 is 19.3 Å². The van der Waals surface area contributed by atoms with Gasteiger partial charge in [-0.25, -0.2) is 0 Å². The molecule has 0 unspecified atom stereocenters. The summed E-state index contributed by atoms with van der Waals surface area (Å²) < 4.78 is 10.8. The fourth-order valence-corrected chi connectivity index (χ4v) is 5.32. The van der Waals surface area contributed by atoms with Gasteiger partial charge in [0.25, 0.3) is 0 Å². The predicted octanol–water partition coefficient (Wildman–Crippen LogP) is 3.71. The molecule has 7 heteroatoms. The number of carbonyl (C=O) groups excluding carboxylic acids is 2. The van der Waals surface area contributed by atoms with Crippen molar-refractivity contribution in [2.45, 2.75) is 49.7 Å². The summed E-state index contributed by atoms with van der Waals surface area (Å²) >= 11 is 1.69. The first-order valence-corrected chi connectivity index (χ1v) is 11.4. The van der Waals surface area contributed by atoms with Crippen LogP contribution in [0.4, 0.5) is 0 Å². The molecule has 0 spiro atoms. The van der Waals surface area contributed by atoms with Gasteiger partial charge in [-0.05, 0) is 43.4 Å². The monoisotopic (exact) mass is 420 g/mol. The Labute approximate surface area is 177 Å². The minimum Gasteiger partial charge on any atom is -0.493 e.